The van der Waals surface area contributed by atoms with Gasteiger partial charge in [-0.25, -0.2) is 0 Å². The number of anilines is 6. The quantitative estimate of drug-likeness (QED) is 0.161. The summed E-state index contributed by atoms with van der Waals surface area (Å²) < 4.78 is 0. The van der Waals surface area contributed by atoms with Gasteiger partial charge in [0.05, 0.1) is 16.4 Å². The van der Waals surface area contributed by atoms with Crippen LogP contribution in [0.5, 0.6) is 0 Å². The van der Waals surface area contributed by atoms with Crippen LogP contribution in [0.4, 0.5) is 34.1 Å². The maximum Gasteiger partial charge on any atom is 0.0887 e. The normalized spacial score (nSPS) is 21.5. The molecule has 0 heterocycles. The number of benzene rings is 5. The van der Waals surface area contributed by atoms with Crippen molar-refractivity contribution < 1.29 is 0 Å². The fourth-order valence-electron chi connectivity index (χ4n) is 11.5. The minimum atomic E-state index is -0.0577. The number of hydrogen-bond acceptors (Lipinski definition) is 2. The predicted molar refractivity (Wildman–Crippen MR) is 274 cm³/mol. The van der Waals surface area contributed by atoms with Gasteiger partial charge in [-0.05, 0) is 183 Å². The van der Waals surface area contributed by atoms with E-state index in [2.05, 4.69) is 217 Å². The highest BCUT2D eigenvalue weighted by Gasteiger charge is 2.52. The lowest BCUT2D eigenvalue weighted by atomic mass is 9.48. The van der Waals surface area contributed by atoms with Crippen LogP contribution in [0.1, 0.15) is 176 Å². The second-order valence-corrected chi connectivity index (χ2v) is 25.7. The minimum Gasteiger partial charge on any atom is -0.309 e. The van der Waals surface area contributed by atoms with Crippen LogP contribution >= 0.6 is 11.6 Å². The van der Waals surface area contributed by atoms with Gasteiger partial charge in [0, 0.05) is 22.7 Å². The summed E-state index contributed by atoms with van der Waals surface area (Å²) in [6.07, 6.45) is 8.01. The van der Waals surface area contributed by atoms with Crippen molar-refractivity contribution in [2.24, 2.45) is 17.8 Å². The van der Waals surface area contributed by atoms with Gasteiger partial charge in [0.15, 0.2) is 0 Å². The van der Waals surface area contributed by atoms with Crippen molar-refractivity contribution in [2.45, 2.75) is 175 Å². The van der Waals surface area contributed by atoms with Gasteiger partial charge < -0.3 is 9.80 Å². The standard InChI is InChI=1S/C60H77ClN2/c1-55(2,3)42-19-16-22-48(29-42)62(49-23-17-20-43(30-49)56(4,5)6)52-34-47(60-36-39-25-40(37-60)27-41(26-39)38-60)35-53(54(52)61)63(50-24-18-21-44(31-50)57(7,8)9)51-32-45(58(10,11)12)28-46(33-51)59(13,14)15/h16-24,28-35,39-41H,25-27,36-38H2,1-15H3. The summed E-state index contributed by atoms with van der Waals surface area (Å²) in [7, 11) is 0. The molecule has 0 unspecified atom stereocenters. The summed E-state index contributed by atoms with van der Waals surface area (Å²) in [5.41, 5.74) is 14.6. The Hall–Kier alpha value is -4.01. The van der Waals surface area contributed by atoms with Crippen molar-refractivity contribution in [3.05, 3.63) is 142 Å². The lowest BCUT2D eigenvalue weighted by Gasteiger charge is -2.57. The molecule has 5 aromatic rings. The number of hydrogen-bond donors (Lipinski definition) is 0. The smallest absolute Gasteiger partial charge is 0.0887 e. The Morgan fingerprint density at radius 3 is 1.02 bits per heavy atom. The molecular formula is C60H77ClN2. The summed E-state index contributed by atoms with van der Waals surface area (Å²) in [6, 6.07) is 40.2. The van der Waals surface area contributed by atoms with Gasteiger partial charge in [0.1, 0.15) is 0 Å². The Morgan fingerprint density at radius 1 is 0.397 bits per heavy atom. The second-order valence-electron chi connectivity index (χ2n) is 25.4. The third-order valence-electron chi connectivity index (χ3n) is 15.0. The molecule has 5 aromatic carbocycles. The van der Waals surface area contributed by atoms with E-state index in [0.717, 1.165) is 56.9 Å². The Labute approximate surface area is 387 Å². The number of nitrogens with zero attached hydrogens (tertiary/aromatic N) is 2. The van der Waals surface area contributed by atoms with Crippen molar-refractivity contribution in [3.8, 4) is 0 Å². The van der Waals surface area contributed by atoms with Crippen LogP contribution in [0.15, 0.2) is 103 Å². The van der Waals surface area contributed by atoms with E-state index in [1.807, 2.05) is 0 Å². The molecule has 3 heteroatoms. The van der Waals surface area contributed by atoms with Crippen molar-refractivity contribution >= 4 is 45.7 Å². The highest BCUT2D eigenvalue weighted by molar-refractivity contribution is 6.36. The molecule has 4 saturated carbocycles. The predicted octanol–water partition coefficient (Wildman–Crippen LogP) is 18.2. The van der Waals surface area contributed by atoms with Crippen LogP contribution in [-0.2, 0) is 32.5 Å². The summed E-state index contributed by atoms with van der Waals surface area (Å²) in [4.78, 5) is 5.03. The number of rotatable bonds is 7. The third kappa shape index (κ3) is 9.15. The molecule has 63 heavy (non-hydrogen) atoms. The highest BCUT2D eigenvalue weighted by atomic mass is 35.5. The first-order valence-corrected chi connectivity index (χ1v) is 24.5. The van der Waals surface area contributed by atoms with E-state index in [4.69, 9.17) is 11.6 Å². The molecule has 0 atom stereocenters. The van der Waals surface area contributed by atoms with Crippen molar-refractivity contribution in [2.75, 3.05) is 9.80 Å². The highest BCUT2D eigenvalue weighted by Crippen LogP contribution is 2.62. The zero-order valence-electron chi connectivity index (χ0n) is 41.6. The number of halogens is 1. The fourth-order valence-corrected chi connectivity index (χ4v) is 11.8. The molecule has 4 aliphatic rings. The van der Waals surface area contributed by atoms with E-state index in [0.29, 0.717) is 0 Å². The Morgan fingerprint density at radius 2 is 0.698 bits per heavy atom. The summed E-state index contributed by atoms with van der Waals surface area (Å²) in [5, 5.41) is 0.769. The van der Waals surface area contributed by atoms with E-state index >= 15 is 0 Å². The molecule has 0 spiro atoms. The Kier molecular flexibility index (Phi) is 11.5. The first-order chi connectivity index (χ1) is 29.2. The van der Waals surface area contributed by atoms with E-state index in [9.17, 15) is 0 Å². The second kappa shape index (κ2) is 15.9. The third-order valence-corrected chi connectivity index (χ3v) is 15.4. The maximum atomic E-state index is 8.34. The van der Waals surface area contributed by atoms with Crippen molar-refractivity contribution in [1.82, 2.24) is 0 Å². The van der Waals surface area contributed by atoms with Crippen molar-refractivity contribution in [1.29, 1.82) is 0 Å². The molecule has 0 radical (unpaired) electrons. The molecule has 2 nitrogen and oxygen atoms in total. The van der Waals surface area contributed by atoms with Gasteiger partial charge in [-0.1, -0.05) is 158 Å². The van der Waals surface area contributed by atoms with Gasteiger partial charge in [0.2, 0.25) is 0 Å². The van der Waals surface area contributed by atoms with E-state index in [1.54, 1.807) is 0 Å². The van der Waals surface area contributed by atoms with Crippen LogP contribution in [0.25, 0.3) is 0 Å². The van der Waals surface area contributed by atoms with Crippen LogP contribution in [0.3, 0.4) is 0 Å². The average molecular weight is 862 g/mol. The summed E-state index contributed by atoms with van der Waals surface area (Å²) in [6.45, 7) is 34.9. The lowest BCUT2D eigenvalue weighted by Crippen LogP contribution is -2.48. The topological polar surface area (TPSA) is 6.48 Å². The minimum absolute atomic E-state index is 0.0252. The molecular weight excluding hydrogens is 784 g/mol. The van der Waals surface area contributed by atoms with E-state index in [1.165, 1.54) is 71.9 Å². The summed E-state index contributed by atoms with van der Waals surface area (Å²) >= 11 is 8.34. The van der Waals surface area contributed by atoms with Gasteiger partial charge in [-0.3, -0.25) is 0 Å². The molecule has 0 N–H and O–H groups in total. The van der Waals surface area contributed by atoms with Crippen LogP contribution < -0.4 is 9.80 Å². The first-order valence-electron chi connectivity index (χ1n) is 24.1. The molecule has 9 rings (SSSR count). The van der Waals surface area contributed by atoms with E-state index < -0.39 is 0 Å². The maximum absolute atomic E-state index is 8.34. The Balaban J connectivity index is 1.49. The fraction of sp³-hybridized carbons (Fsp3) is 0.500. The van der Waals surface area contributed by atoms with Gasteiger partial charge in [0.25, 0.3) is 0 Å². The molecule has 4 fully saturated rings. The largest absolute Gasteiger partial charge is 0.309 e. The van der Waals surface area contributed by atoms with Crippen LogP contribution in [0, 0.1) is 17.8 Å². The van der Waals surface area contributed by atoms with Crippen LogP contribution in [0.2, 0.25) is 5.02 Å². The average Bonchev–Trinajstić information content (AvgIpc) is 3.17. The molecule has 0 aromatic heterocycles. The zero-order chi connectivity index (χ0) is 45.7. The van der Waals surface area contributed by atoms with Crippen LogP contribution in [-0.4, -0.2) is 0 Å². The Bertz CT molecular complexity index is 2360. The van der Waals surface area contributed by atoms with Gasteiger partial charge >= 0.3 is 0 Å². The molecule has 4 bridgehead atoms. The van der Waals surface area contributed by atoms with Gasteiger partial charge in [-0.15, -0.1) is 0 Å². The van der Waals surface area contributed by atoms with Gasteiger partial charge in [-0.2, -0.15) is 0 Å². The molecule has 334 valence electrons. The molecule has 0 aliphatic heterocycles. The summed E-state index contributed by atoms with van der Waals surface area (Å²) in [5.74, 6) is 2.41. The molecule has 0 amide bonds. The van der Waals surface area contributed by atoms with E-state index in [-0.39, 0.29) is 32.5 Å². The lowest BCUT2D eigenvalue weighted by molar-refractivity contribution is -0.00515. The SMILES string of the molecule is CC(C)(C)c1cccc(N(c2cccc(C(C)(C)C)c2)c2cc(C34CC5CC(CC(C5)C3)C4)cc(N(c3cccc(C(C)(C)C)c3)c3cc(C(C)(C)C)cc(C(C)(C)C)c3)c2Cl)c1. The van der Waals surface area contributed by atoms with Crippen molar-refractivity contribution in [3.63, 3.8) is 0 Å². The first kappa shape index (κ1) is 45.6. The zero-order valence-corrected chi connectivity index (χ0v) is 42.3. The molecule has 4 aliphatic carbocycles. The monoisotopic (exact) mass is 861 g/mol. The molecule has 0 saturated heterocycles.